The molecule has 0 aromatic heterocycles. The fourth-order valence-corrected chi connectivity index (χ4v) is 8.89. The van der Waals surface area contributed by atoms with Gasteiger partial charge in [-0.2, -0.15) is 0 Å². The maximum absolute atomic E-state index is 2.94. The zero-order valence-corrected chi connectivity index (χ0v) is 11.3. The van der Waals surface area contributed by atoms with E-state index in [-0.39, 0.29) is 0 Å². The second-order valence-corrected chi connectivity index (χ2v) is 9.25. The lowest BCUT2D eigenvalue weighted by molar-refractivity contribution is -0.181. The zero-order chi connectivity index (χ0) is 9.78. The van der Waals surface area contributed by atoms with E-state index < -0.39 is 0 Å². The molecule has 0 amide bonds. The lowest BCUT2D eigenvalue weighted by atomic mass is 9.36. The molecule has 7 saturated carbocycles. The summed E-state index contributed by atoms with van der Waals surface area (Å²) in [7, 11) is 0. The van der Waals surface area contributed by atoms with Crippen LogP contribution in [0.25, 0.3) is 0 Å². The molecule has 7 aliphatic rings. The van der Waals surface area contributed by atoms with E-state index in [1.165, 1.54) is 17.8 Å². The summed E-state index contributed by atoms with van der Waals surface area (Å²) < 4.78 is 0.793. The third kappa shape index (κ3) is 0.827. The number of rotatable bonds is 0. The third-order valence-electron chi connectivity index (χ3n) is 6.96. The molecule has 0 spiro atoms. The first-order valence-corrected chi connectivity index (χ1v) is 8.02. The van der Waals surface area contributed by atoms with Crippen LogP contribution in [-0.2, 0) is 0 Å². The molecule has 0 heterocycles. The van der Waals surface area contributed by atoms with E-state index in [1.54, 1.807) is 38.5 Å². The Morgan fingerprint density at radius 2 is 1.33 bits per heavy atom. The quantitative estimate of drug-likeness (QED) is 0.470. The van der Waals surface area contributed by atoms with Crippen molar-refractivity contribution in [1.82, 2.24) is 0 Å². The van der Waals surface area contributed by atoms with Gasteiger partial charge in [0.05, 0.1) is 0 Å². The maximum Gasteiger partial charge on any atom is 0.0287 e. The van der Waals surface area contributed by atoms with Crippen LogP contribution < -0.4 is 0 Å². The molecule has 15 heavy (non-hydrogen) atoms. The molecule has 7 rings (SSSR count). The molecule has 0 aromatic rings. The van der Waals surface area contributed by atoms with Crippen molar-refractivity contribution >= 4 is 22.6 Å². The second-order valence-electron chi connectivity index (χ2n) is 7.25. The van der Waals surface area contributed by atoms with Crippen LogP contribution in [0, 0.1) is 41.4 Å². The molecule has 1 heteroatoms. The van der Waals surface area contributed by atoms with Crippen LogP contribution in [0.4, 0.5) is 0 Å². The third-order valence-corrected chi connectivity index (χ3v) is 9.00. The van der Waals surface area contributed by atoms with Crippen LogP contribution in [-0.4, -0.2) is 3.42 Å². The molecule has 8 bridgehead atoms. The highest BCUT2D eigenvalue weighted by Crippen LogP contribution is 2.74. The summed E-state index contributed by atoms with van der Waals surface area (Å²) in [4.78, 5) is 0. The number of hydrogen-bond acceptors (Lipinski definition) is 0. The highest BCUT2D eigenvalue weighted by molar-refractivity contribution is 14.1. The predicted molar refractivity (Wildman–Crippen MR) is 68.9 cm³/mol. The van der Waals surface area contributed by atoms with Gasteiger partial charge in [-0.05, 0) is 80.0 Å². The van der Waals surface area contributed by atoms with Gasteiger partial charge < -0.3 is 0 Å². The number of hydrogen-bond donors (Lipinski definition) is 0. The van der Waals surface area contributed by atoms with Crippen molar-refractivity contribution in [3.8, 4) is 0 Å². The minimum atomic E-state index is 0.793. The summed E-state index contributed by atoms with van der Waals surface area (Å²) in [5.74, 6) is 8.21. The Hall–Kier alpha value is 0.730. The van der Waals surface area contributed by atoms with E-state index in [2.05, 4.69) is 22.6 Å². The molecule has 82 valence electrons. The SMILES string of the molecule is IC12CC3CC4C5CC(CC41)CC2C5C3. The van der Waals surface area contributed by atoms with E-state index in [4.69, 9.17) is 0 Å². The summed E-state index contributed by atoms with van der Waals surface area (Å²) >= 11 is 2.94. The Bertz CT molecular complexity index is 312. The fourth-order valence-electron chi connectivity index (χ4n) is 6.84. The average Bonchev–Trinajstić information content (AvgIpc) is 2.24. The highest BCUT2D eigenvalue weighted by atomic mass is 127. The molecule has 0 radical (unpaired) electrons. The van der Waals surface area contributed by atoms with Gasteiger partial charge in [-0.1, -0.05) is 22.6 Å². The monoisotopic (exact) mass is 314 g/mol. The minimum Gasteiger partial charge on any atom is -0.0782 e. The van der Waals surface area contributed by atoms with E-state index in [0.717, 1.165) is 27.1 Å². The lowest BCUT2D eigenvalue weighted by Crippen LogP contribution is -2.68. The van der Waals surface area contributed by atoms with Crippen LogP contribution in [0.1, 0.15) is 38.5 Å². The van der Waals surface area contributed by atoms with Gasteiger partial charge in [0.25, 0.3) is 0 Å². The van der Waals surface area contributed by atoms with Crippen molar-refractivity contribution in [2.24, 2.45) is 41.4 Å². The van der Waals surface area contributed by atoms with Crippen molar-refractivity contribution in [3.63, 3.8) is 0 Å². The Morgan fingerprint density at radius 1 is 0.733 bits per heavy atom. The number of alkyl halides is 1. The van der Waals surface area contributed by atoms with Gasteiger partial charge in [0, 0.05) is 3.42 Å². The van der Waals surface area contributed by atoms with Gasteiger partial charge in [0.1, 0.15) is 0 Å². The molecule has 4 unspecified atom stereocenters. The first-order chi connectivity index (χ1) is 7.25. The Morgan fingerprint density at radius 3 is 2.00 bits per heavy atom. The molecule has 4 atom stereocenters. The smallest absolute Gasteiger partial charge is 0.0287 e. The second kappa shape index (κ2) is 2.44. The molecule has 0 N–H and O–H groups in total. The van der Waals surface area contributed by atoms with Crippen molar-refractivity contribution in [3.05, 3.63) is 0 Å². The van der Waals surface area contributed by atoms with Gasteiger partial charge in [-0.3, -0.25) is 0 Å². The highest BCUT2D eigenvalue weighted by Gasteiger charge is 2.68. The van der Waals surface area contributed by atoms with Crippen molar-refractivity contribution in [2.45, 2.75) is 41.9 Å². The van der Waals surface area contributed by atoms with Gasteiger partial charge >= 0.3 is 0 Å². The molecular formula is C14H19I. The molecule has 7 aliphatic carbocycles. The minimum absolute atomic E-state index is 0.793. The molecule has 7 fully saturated rings. The average molecular weight is 314 g/mol. The van der Waals surface area contributed by atoms with Crippen molar-refractivity contribution in [2.75, 3.05) is 0 Å². The van der Waals surface area contributed by atoms with Crippen LogP contribution >= 0.6 is 22.6 Å². The number of halogens is 1. The molecule has 0 aromatic carbocycles. The van der Waals surface area contributed by atoms with Gasteiger partial charge in [0.2, 0.25) is 0 Å². The fraction of sp³-hybridized carbons (Fsp3) is 1.00. The summed E-state index contributed by atoms with van der Waals surface area (Å²) in [5, 5.41) is 0. The summed E-state index contributed by atoms with van der Waals surface area (Å²) in [6.07, 6.45) is 9.77. The summed E-state index contributed by atoms with van der Waals surface area (Å²) in [6, 6.07) is 0. The van der Waals surface area contributed by atoms with Gasteiger partial charge in [-0.15, -0.1) is 0 Å². The molecule has 0 saturated heterocycles. The predicted octanol–water partition coefficient (Wildman–Crippen LogP) is 3.88. The van der Waals surface area contributed by atoms with Gasteiger partial charge in [0.15, 0.2) is 0 Å². The summed E-state index contributed by atoms with van der Waals surface area (Å²) in [5.41, 5.74) is 0. The van der Waals surface area contributed by atoms with E-state index in [9.17, 15) is 0 Å². The van der Waals surface area contributed by atoms with Crippen molar-refractivity contribution < 1.29 is 0 Å². The maximum atomic E-state index is 2.94. The topological polar surface area (TPSA) is 0 Å². The first-order valence-electron chi connectivity index (χ1n) is 6.94. The van der Waals surface area contributed by atoms with Crippen LogP contribution in [0.2, 0.25) is 0 Å². The zero-order valence-electron chi connectivity index (χ0n) is 9.16. The standard InChI is InChI=1S/C14H19I/c15-14-6-8-2-10-9-1-7(4-12(10)14)5-13(14)11(9)3-8/h7-13H,1-6H2. The van der Waals surface area contributed by atoms with E-state index >= 15 is 0 Å². The first kappa shape index (κ1) is 8.77. The van der Waals surface area contributed by atoms with Gasteiger partial charge in [-0.25, -0.2) is 0 Å². The van der Waals surface area contributed by atoms with Crippen LogP contribution in [0.5, 0.6) is 0 Å². The van der Waals surface area contributed by atoms with Crippen molar-refractivity contribution in [1.29, 1.82) is 0 Å². The Balaban J connectivity index is 1.73. The van der Waals surface area contributed by atoms with Crippen LogP contribution in [0.3, 0.4) is 0 Å². The largest absolute Gasteiger partial charge is 0.0782 e. The van der Waals surface area contributed by atoms with E-state index in [1.807, 2.05) is 0 Å². The van der Waals surface area contributed by atoms with E-state index in [0.29, 0.717) is 0 Å². The lowest BCUT2D eigenvalue weighted by Gasteiger charge is -2.73. The Kier molecular flexibility index (Phi) is 1.43. The molecule has 0 aliphatic heterocycles. The molecular weight excluding hydrogens is 295 g/mol. The summed E-state index contributed by atoms with van der Waals surface area (Å²) in [6.45, 7) is 0. The Labute approximate surface area is 106 Å². The van der Waals surface area contributed by atoms with Crippen LogP contribution in [0.15, 0.2) is 0 Å². The normalized spacial score (nSPS) is 73.0. The molecule has 0 nitrogen and oxygen atoms in total.